The van der Waals surface area contributed by atoms with E-state index in [4.69, 9.17) is 0 Å². The van der Waals surface area contributed by atoms with Crippen molar-refractivity contribution in [1.29, 1.82) is 0 Å². The van der Waals surface area contributed by atoms with Gasteiger partial charge in [0.05, 0.1) is 5.69 Å². The first-order valence-corrected chi connectivity index (χ1v) is 4.46. The van der Waals surface area contributed by atoms with Gasteiger partial charge in [0.2, 0.25) is 0 Å². The molecule has 0 aliphatic rings. The number of hydrogen-bond donors (Lipinski definition) is 0. The Morgan fingerprint density at radius 2 is 1.53 bits per heavy atom. The molecule has 0 unspecified atom stereocenters. The molecule has 0 spiro atoms. The van der Waals surface area contributed by atoms with E-state index in [1.165, 1.54) is 0 Å². The zero-order chi connectivity index (χ0) is 9.64. The Balaban J connectivity index is 0. The van der Waals surface area contributed by atoms with Crippen molar-refractivity contribution in [2.75, 3.05) is 0 Å². The fourth-order valence-electron chi connectivity index (χ4n) is 1.15. The summed E-state index contributed by atoms with van der Waals surface area (Å²) < 4.78 is 0. The van der Waals surface area contributed by atoms with Gasteiger partial charge in [-0.25, -0.2) is 0 Å². The third-order valence-corrected chi connectivity index (χ3v) is 1.84. The second kappa shape index (κ2) is 10.4. The van der Waals surface area contributed by atoms with Crippen LogP contribution in [0.5, 0.6) is 0 Å². The zero-order valence-electron chi connectivity index (χ0n) is 9.13. The molecule has 0 saturated heterocycles. The average Bonchev–Trinajstić information content (AvgIpc) is 2.29. The van der Waals surface area contributed by atoms with Crippen LogP contribution in [-0.2, 0) is 19.5 Å². The van der Waals surface area contributed by atoms with E-state index in [0.29, 0.717) is 0 Å². The van der Waals surface area contributed by atoms with Gasteiger partial charge in [0.15, 0.2) is 0 Å². The first-order chi connectivity index (χ1) is 6.95. The van der Waals surface area contributed by atoms with Crippen molar-refractivity contribution in [2.45, 2.75) is 0 Å². The molecule has 84 valence electrons. The molecule has 17 heavy (non-hydrogen) atoms. The monoisotopic (exact) mass is 316 g/mol. The van der Waals surface area contributed by atoms with E-state index < -0.39 is 0 Å². The van der Waals surface area contributed by atoms with E-state index >= 15 is 0 Å². The molecule has 1 heterocycles. The average molecular weight is 319 g/mol. The summed E-state index contributed by atoms with van der Waals surface area (Å²) in [4.78, 5) is 0. The Labute approximate surface area is 126 Å². The zero-order valence-corrected chi connectivity index (χ0v) is 13.6. The molecule has 0 aliphatic carbocycles. The Bertz CT molecular complexity index is 380. The van der Waals surface area contributed by atoms with Gasteiger partial charge in [0.1, 0.15) is 0 Å². The topological polar surface area (TPSA) is 25.8 Å². The van der Waals surface area contributed by atoms with Crippen LogP contribution in [0.3, 0.4) is 0 Å². The molecule has 0 atom stereocenters. The van der Waals surface area contributed by atoms with Gasteiger partial charge < -0.3 is 24.8 Å². The predicted molar refractivity (Wildman–Crippen MR) is 57.4 cm³/mol. The minimum atomic E-state index is 0. The number of hydrogen-bond acceptors (Lipinski definition) is 2. The standard InChI is InChI=1S/C12H10N2.2ClH.Zn/c1-2-5-11(6-3-1)8-9-12-7-4-10-13-14-12;;;/h1-10H;2*1H;/q;;;+2/p-2. The van der Waals surface area contributed by atoms with Crippen molar-refractivity contribution in [3.05, 3.63) is 59.9 Å². The third kappa shape index (κ3) is 6.52. The summed E-state index contributed by atoms with van der Waals surface area (Å²) in [5, 5.41) is 7.75. The number of benzene rings is 1. The molecule has 0 aliphatic heterocycles. The number of nitrogens with zero attached hydrogens (tertiary/aromatic N) is 2. The number of aromatic nitrogens is 2. The first kappa shape index (κ1) is 18.6. The van der Waals surface area contributed by atoms with E-state index in [2.05, 4.69) is 10.2 Å². The van der Waals surface area contributed by atoms with E-state index in [0.717, 1.165) is 11.3 Å². The van der Waals surface area contributed by atoms with Crippen molar-refractivity contribution in [2.24, 2.45) is 0 Å². The molecule has 2 nitrogen and oxygen atoms in total. The molecular formula is C12H10Cl2N2Zn. The Morgan fingerprint density at radius 1 is 0.824 bits per heavy atom. The van der Waals surface area contributed by atoms with Crippen LogP contribution in [-0.4, -0.2) is 10.2 Å². The Kier molecular flexibility index (Phi) is 11.4. The van der Waals surface area contributed by atoms with Crippen molar-refractivity contribution in [3.63, 3.8) is 0 Å². The minimum Gasteiger partial charge on any atom is -1.00 e. The smallest absolute Gasteiger partial charge is 1.00 e. The molecule has 0 bridgehead atoms. The summed E-state index contributed by atoms with van der Waals surface area (Å²) in [6, 6.07) is 13.9. The molecule has 0 N–H and O–H groups in total. The molecule has 0 radical (unpaired) electrons. The van der Waals surface area contributed by atoms with Gasteiger partial charge >= 0.3 is 19.5 Å². The second-order valence-electron chi connectivity index (χ2n) is 2.89. The Morgan fingerprint density at radius 3 is 2.12 bits per heavy atom. The van der Waals surface area contributed by atoms with Crippen LogP contribution in [0.1, 0.15) is 11.3 Å². The summed E-state index contributed by atoms with van der Waals surface area (Å²) in [7, 11) is 0. The first-order valence-electron chi connectivity index (χ1n) is 4.46. The molecule has 2 rings (SSSR count). The van der Waals surface area contributed by atoms with Gasteiger partial charge in [0.25, 0.3) is 0 Å². The summed E-state index contributed by atoms with van der Waals surface area (Å²) in [6.07, 6.45) is 5.63. The Hall–Kier alpha value is -0.757. The van der Waals surface area contributed by atoms with Crippen LogP contribution >= 0.6 is 0 Å². The normalized spacial score (nSPS) is 8.71. The van der Waals surface area contributed by atoms with Gasteiger partial charge in [-0.15, -0.1) is 0 Å². The molecule has 0 fully saturated rings. The summed E-state index contributed by atoms with van der Waals surface area (Å²) in [5.41, 5.74) is 2.04. The van der Waals surface area contributed by atoms with Crippen LogP contribution in [0, 0.1) is 0 Å². The second-order valence-corrected chi connectivity index (χ2v) is 2.89. The number of rotatable bonds is 2. The molecule has 0 saturated carbocycles. The largest absolute Gasteiger partial charge is 2.00 e. The van der Waals surface area contributed by atoms with E-state index in [-0.39, 0.29) is 44.3 Å². The van der Waals surface area contributed by atoms with Crippen LogP contribution in [0.4, 0.5) is 0 Å². The third-order valence-electron chi connectivity index (χ3n) is 1.84. The van der Waals surface area contributed by atoms with Gasteiger partial charge in [0, 0.05) is 6.20 Å². The van der Waals surface area contributed by atoms with Crippen molar-refractivity contribution in [3.8, 4) is 0 Å². The maximum atomic E-state index is 3.96. The summed E-state index contributed by atoms with van der Waals surface area (Å²) >= 11 is 0. The maximum Gasteiger partial charge on any atom is 2.00 e. The fraction of sp³-hybridized carbons (Fsp3) is 0. The SMILES string of the molecule is C(=Cc1cccnn1)c1ccccc1.[Cl-].[Cl-].[Zn+2]. The number of halogens is 2. The maximum absolute atomic E-state index is 3.96. The molecule has 2 aromatic rings. The quantitative estimate of drug-likeness (QED) is 0.541. The van der Waals surface area contributed by atoms with Gasteiger partial charge in [-0.3, -0.25) is 0 Å². The molecule has 0 amide bonds. The van der Waals surface area contributed by atoms with Crippen LogP contribution < -0.4 is 24.8 Å². The fourth-order valence-corrected chi connectivity index (χ4v) is 1.15. The van der Waals surface area contributed by atoms with E-state index in [1.807, 2.05) is 54.6 Å². The molecule has 1 aromatic heterocycles. The van der Waals surface area contributed by atoms with Crippen LogP contribution in [0.25, 0.3) is 12.2 Å². The van der Waals surface area contributed by atoms with E-state index in [9.17, 15) is 0 Å². The molecule has 1 aromatic carbocycles. The molecule has 5 heteroatoms. The summed E-state index contributed by atoms with van der Waals surface area (Å²) in [5.74, 6) is 0. The summed E-state index contributed by atoms with van der Waals surface area (Å²) in [6.45, 7) is 0. The van der Waals surface area contributed by atoms with Crippen LogP contribution in [0.15, 0.2) is 48.7 Å². The van der Waals surface area contributed by atoms with Gasteiger partial charge in [-0.05, 0) is 23.8 Å². The van der Waals surface area contributed by atoms with Gasteiger partial charge in [-0.2, -0.15) is 10.2 Å². The minimum absolute atomic E-state index is 0. The van der Waals surface area contributed by atoms with Crippen molar-refractivity contribution in [1.82, 2.24) is 10.2 Å². The molecular weight excluding hydrogens is 308 g/mol. The van der Waals surface area contributed by atoms with Gasteiger partial charge in [-0.1, -0.05) is 36.4 Å². The van der Waals surface area contributed by atoms with Crippen molar-refractivity contribution < 1.29 is 44.3 Å². The van der Waals surface area contributed by atoms with Crippen LogP contribution in [0.2, 0.25) is 0 Å². The predicted octanol–water partition coefficient (Wildman–Crippen LogP) is -3.35. The van der Waals surface area contributed by atoms with E-state index in [1.54, 1.807) is 6.20 Å². The van der Waals surface area contributed by atoms with Crippen molar-refractivity contribution >= 4 is 12.2 Å².